The van der Waals surface area contributed by atoms with Crippen LogP contribution in [0.2, 0.25) is 0 Å². The predicted molar refractivity (Wildman–Crippen MR) is 352 cm³/mol. The van der Waals surface area contributed by atoms with E-state index >= 15 is 0 Å². The molecule has 18 rings (SSSR count). The molecule has 0 bridgehead atoms. The van der Waals surface area contributed by atoms with Gasteiger partial charge in [-0.3, -0.25) is 0 Å². The first kappa shape index (κ1) is 45.9. The maximum Gasteiger partial charge on any atom is 0.252 e. The molecule has 4 nitrogen and oxygen atoms in total. The molecule has 0 N–H and O–H groups in total. The summed E-state index contributed by atoms with van der Waals surface area (Å²) in [6, 6.07) is 111. The molecular weight excluding hydrogens is 1000 g/mol. The summed E-state index contributed by atoms with van der Waals surface area (Å²) < 4.78 is 7.67. The van der Waals surface area contributed by atoms with Crippen LogP contribution in [0.15, 0.2) is 297 Å². The molecule has 3 aromatic heterocycles. The molecule has 0 aliphatic carbocycles. The molecule has 2 aliphatic heterocycles. The van der Waals surface area contributed by atoms with Crippen LogP contribution in [0.5, 0.6) is 0 Å². The van der Waals surface area contributed by atoms with E-state index in [2.05, 4.69) is 316 Å². The zero-order chi connectivity index (χ0) is 54.3. The number of nitrogens with zero attached hydrogens (tertiary/aromatic N) is 4. The van der Waals surface area contributed by atoms with Gasteiger partial charge in [0.25, 0.3) is 6.71 Å². The van der Waals surface area contributed by atoms with Gasteiger partial charge in [-0.25, -0.2) is 0 Å². The number of hydrogen-bond acceptors (Lipinski definition) is 1. The minimum atomic E-state index is -0.177. The lowest BCUT2D eigenvalue weighted by atomic mass is 9.33. The molecule has 0 unspecified atom stereocenters. The van der Waals surface area contributed by atoms with Gasteiger partial charge in [0, 0.05) is 66.2 Å². The van der Waals surface area contributed by atoms with E-state index in [0.29, 0.717) is 0 Å². The van der Waals surface area contributed by atoms with Gasteiger partial charge in [0.15, 0.2) is 0 Å². The Kier molecular flexibility index (Phi) is 9.86. The smallest absolute Gasteiger partial charge is 0.252 e. The summed E-state index contributed by atoms with van der Waals surface area (Å²) >= 11 is 0. The number of para-hydroxylation sites is 6. The van der Waals surface area contributed by atoms with Gasteiger partial charge in [0.1, 0.15) is 0 Å². The van der Waals surface area contributed by atoms with Crippen LogP contribution in [0.1, 0.15) is 0 Å². The van der Waals surface area contributed by atoms with Crippen molar-refractivity contribution in [3.8, 4) is 39.3 Å². The van der Waals surface area contributed by atoms with Crippen LogP contribution in [-0.2, 0) is 0 Å². The lowest BCUT2D eigenvalue weighted by Gasteiger charge is -2.42. The van der Waals surface area contributed by atoms with E-state index in [1.165, 1.54) is 97.8 Å². The topological polar surface area (TPSA) is 18.0 Å². The first-order chi connectivity index (χ1) is 41.3. The quantitative estimate of drug-likeness (QED) is 0.157. The molecule has 0 atom stereocenters. The Morgan fingerprint density at radius 3 is 1.22 bits per heavy atom. The highest BCUT2D eigenvalue weighted by atomic mass is 15.2. The molecular formula is C78H49BN4. The van der Waals surface area contributed by atoms with Crippen LogP contribution in [-0.4, -0.2) is 20.4 Å². The zero-order valence-corrected chi connectivity index (χ0v) is 45.2. The Balaban J connectivity index is 1.06. The largest absolute Gasteiger partial charge is 0.310 e. The molecule has 0 saturated carbocycles. The van der Waals surface area contributed by atoms with Gasteiger partial charge in [-0.15, -0.1) is 0 Å². The van der Waals surface area contributed by atoms with Gasteiger partial charge >= 0.3 is 0 Å². The molecule has 83 heavy (non-hydrogen) atoms. The molecule has 0 spiro atoms. The fourth-order valence-electron chi connectivity index (χ4n) is 14.7. The second-order valence-corrected chi connectivity index (χ2v) is 22.2. The van der Waals surface area contributed by atoms with Gasteiger partial charge in [0.05, 0.1) is 44.5 Å². The van der Waals surface area contributed by atoms with E-state index in [4.69, 9.17) is 0 Å². The predicted octanol–water partition coefficient (Wildman–Crippen LogP) is 18.4. The van der Waals surface area contributed by atoms with Crippen LogP contribution in [0.3, 0.4) is 0 Å². The summed E-state index contributed by atoms with van der Waals surface area (Å²) in [4.78, 5) is 2.64. The van der Waals surface area contributed by atoms with Gasteiger partial charge < -0.3 is 18.6 Å². The summed E-state index contributed by atoms with van der Waals surface area (Å²) in [5, 5.41) is 12.1. The van der Waals surface area contributed by atoms with Crippen molar-refractivity contribution in [1.29, 1.82) is 0 Å². The minimum absolute atomic E-state index is 0.177. The second kappa shape index (κ2) is 17.8. The van der Waals surface area contributed by atoms with Crippen LogP contribution in [0.25, 0.3) is 126 Å². The molecule has 0 amide bonds. The molecule has 5 heterocycles. The molecule has 384 valence electrons. The normalized spacial score (nSPS) is 12.5. The van der Waals surface area contributed by atoms with Crippen molar-refractivity contribution >= 4 is 127 Å². The molecule has 0 fully saturated rings. The number of fused-ring (bicyclic) bond motifs is 17. The Hall–Kier alpha value is -10.9. The fraction of sp³-hybridized carbons (Fsp3) is 0. The first-order valence-electron chi connectivity index (χ1n) is 28.8. The highest BCUT2D eigenvalue weighted by molar-refractivity contribution is 7.00. The number of benzene rings is 13. The molecule has 5 heteroatoms. The van der Waals surface area contributed by atoms with Crippen LogP contribution < -0.4 is 21.3 Å². The zero-order valence-electron chi connectivity index (χ0n) is 45.2. The highest BCUT2D eigenvalue weighted by Gasteiger charge is 2.43. The Morgan fingerprint density at radius 2 is 0.663 bits per heavy atom. The lowest BCUT2D eigenvalue weighted by Crippen LogP contribution is -2.60. The van der Waals surface area contributed by atoms with Gasteiger partial charge in [-0.2, -0.15) is 0 Å². The third-order valence-corrected chi connectivity index (χ3v) is 18.1. The first-order valence-corrected chi connectivity index (χ1v) is 28.8. The van der Waals surface area contributed by atoms with E-state index in [1.54, 1.807) is 0 Å². The van der Waals surface area contributed by atoms with Gasteiger partial charge in [-0.05, 0) is 110 Å². The lowest BCUT2D eigenvalue weighted by molar-refractivity contribution is 1.15. The maximum absolute atomic E-state index is 2.66. The van der Waals surface area contributed by atoms with E-state index in [-0.39, 0.29) is 6.71 Å². The Morgan fingerprint density at radius 1 is 0.253 bits per heavy atom. The summed E-state index contributed by atoms with van der Waals surface area (Å²) in [5.41, 5.74) is 22.3. The van der Waals surface area contributed by atoms with Crippen LogP contribution in [0, 0.1) is 0 Å². The molecule has 16 aromatic rings. The monoisotopic (exact) mass is 1050 g/mol. The third kappa shape index (κ3) is 6.53. The highest BCUT2D eigenvalue weighted by Crippen LogP contribution is 2.50. The summed E-state index contributed by atoms with van der Waals surface area (Å²) in [5.74, 6) is 0. The summed E-state index contributed by atoms with van der Waals surface area (Å²) in [6.07, 6.45) is 0. The van der Waals surface area contributed by atoms with Crippen molar-refractivity contribution in [2.45, 2.75) is 0 Å². The average molecular weight is 1050 g/mol. The Labute approximate surface area is 479 Å². The van der Waals surface area contributed by atoms with E-state index < -0.39 is 0 Å². The Bertz CT molecular complexity index is 5310. The number of rotatable bonds is 5. The molecule has 0 saturated heterocycles. The van der Waals surface area contributed by atoms with Crippen molar-refractivity contribution in [1.82, 2.24) is 13.7 Å². The van der Waals surface area contributed by atoms with Crippen molar-refractivity contribution < 1.29 is 0 Å². The SMILES string of the molecule is c1ccc(-c2cccc(-c3ccccc3)c2N2c3cc(-n4c5ccccc5c5ccccc54)ccc3B3c4c2cccc4-n2c4ccccc4c4ccccc4c4ccccc4c4c(-n5c6ccccc6c6ccccc65)ccc3c42)cc1. The van der Waals surface area contributed by atoms with E-state index in [1.807, 2.05) is 0 Å². The molecule has 0 radical (unpaired) electrons. The van der Waals surface area contributed by atoms with Gasteiger partial charge in [-0.1, -0.05) is 237 Å². The number of hydrogen-bond donors (Lipinski definition) is 0. The van der Waals surface area contributed by atoms with Crippen molar-refractivity contribution in [2.75, 3.05) is 4.90 Å². The van der Waals surface area contributed by atoms with Crippen molar-refractivity contribution in [2.24, 2.45) is 0 Å². The third-order valence-electron chi connectivity index (χ3n) is 18.1. The number of anilines is 3. The van der Waals surface area contributed by atoms with E-state index in [9.17, 15) is 0 Å². The van der Waals surface area contributed by atoms with Crippen LogP contribution >= 0.6 is 0 Å². The fourth-order valence-corrected chi connectivity index (χ4v) is 14.7. The molecule has 13 aromatic carbocycles. The average Bonchev–Trinajstić information content (AvgIpc) is 3.69. The van der Waals surface area contributed by atoms with Crippen molar-refractivity contribution in [3.05, 3.63) is 297 Å². The summed E-state index contributed by atoms with van der Waals surface area (Å²) in [6.45, 7) is -0.177. The van der Waals surface area contributed by atoms with E-state index in [0.717, 1.165) is 61.9 Å². The van der Waals surface area contributed by atoms with Gasteiger partial charge in [0.2, 0.25) is 0 Å². The minimum Gasteiger partial charge on any atom is -0.310 e. The molecule has 2 aliphatic rings. The van der Waals surface area contributed by atoms with Crippen molar-refractivity contribution in [3.63, 3.8) is 0 Å². The maximum atomic E-state index is 2.66. The van der Waals surface area contributed by atoms with Crippen LogP contribution in [0.4, 0.5) is 17.1 Å². The number of aromatic nitrogens is 3. The standard InChI is InChI=1S/C78H49BN4/c1-3-23-50(24-4-1)53-36-21-37-54(51-25-5-2-6-26-51)77(53)83-73-44-22-43-72-76(73)79(64-46-45-52(49-74(64)83)80-66-38-16-12-31-59(66)60-32-13-17-39-67(60)80)65-47-48-71(81-68-40-18-14-33-61(68)62-34-15-19-41-69(62)81)75-63-35-10-9-29-57(63)55-27-7-8-28-56(55)58-30-11-20-42-70(58)82(72)78(65)75/h1-49H. The second-order valence-electron chi connectivity index (χ2n) is 22.2. The summed E-state index contributed by atoms with van der Waals surface area (Å²) in [7, 11) is 0.